The zero-order chi connectivity index (χ0) is 15.3. The molecule has 1 aromatic heterocycles. The van der Waals surface area contributed by atoms with Crippen molar-refractivity contribution in [1.29, 1.82) is 0 Å². The van der Waals surface area contributed by atoms with E-state index in [1.165, 1.54) is 0 Å². The highest BCUT2D eigenvalue weighted by Gasteiger charge is 2.38. The minimum Gasteiger partial charge on any atom is -0.459 e. The second kappa shape index (κ2) is 7.10. The summed E-state index contributed by atoms with van der Waals surface area (Å²) in [6.45, 7) is 7.48. The van der Waals surface area contributed by atoms with Crippen LogP contribution in [0.1, 0.15) is 51.8 Å². The maximum absolute atomic E-state index is 6.10. The predicted molar refractivity (Wildman–Crippen MR) is 87.6 cm³/mol. The van der Waals surface area contributed by atoms with Gasteiger partial charge in [0.05, 0.1) is 11.6 Å². The van der Waals surface area contributed by atoms with E-state index in [2.05, 4.69) is 38.2 Å². The number of furan rings is 1. The van der Waals surface area contributed by atoms with Gasteiger partial charge in [-0.15, -0.1) is 0 Å². The van der Waals surface area contributed by atoms with Gasteiger partial charge in [-0.1, -0.05) is 39.0 Å². The van der Waals surface area contributed by atoms with Gasteiger partial charge in [0.1, 0.15) is 11.3 Å². The van der Waals surface area contributed by atoms with Gasteiger partial charge in [-0.2, -0.15) is 0 Å². The largest absolute Gasteiger partial charge is 0.459 e. The Labute approximate surface area is 127 Å². The summed E-state index contributed by atoms with van der Waals surface area (Å²) in [5.41, 5.74) is 0.705. The van der Waals surface area contributed by atoms with Crippen molar-refractivity contribution in [3.63, 3.8) is 0 Å². The van der Waals surface area contributed by atoms with Gasteiger partial charge < -0.3 is 14.5 Å². The highest BCUT2D eigenvalue weighted by molar-refractivity contribution is 5.77. The Morgan fingerprint density at radius 1 is 1.19 bits per heavy atom. The Bertz CT molecular complexity index is 516. The van der Waals surface area contributed by atoms with Gasteiger partial charge in [-0.3, -0.25) is 0 Å². The minimum atomic E-state index is -0.233. The van der Waals surface area contributed by atoms with Gasteiger partial charge in [0.25, 0.3) is 0 Å². The van der Waals surface area contributed by atoms with Crippen molar-refractivity contribution < 1.29 is 9.15 Å². The Hall–Kier alpha value is -1.32. The first kappa shape index (κ1) is 16.1. The number of hydrogen-bond acceptors (Lipinski definition) is 3. The predicted octanol–water partition coefficient (Wildman–Crippen LogP) is 4.68. The zero-order valence-corrected chi connectivity index (χ0v) is 13.6. The Balaban J connectivity index is 2.43. The topological polar surface area (TPSA) is 34.4 Å². The van der Waals surface area contributed by atoms with Gasteiger partial charge in [-0.25, -0.2) is 0 Å². The van der Waals surface area contributed by atoms with E-state index in [0.29, 0.717) is 0 Å². The molecule has 1 atom stereocenters. The quantitative estimate of drug-likeness (QED) is 0.766. The van der Waals surface area contributed by atoms with Crippen molar-refractivity contribution >= 4 is 11.0 Å². The van der Waals surface area contributed by atoms with E-state index in [4.69, 9.17) is 9.15 Å². The molecular weight excluding hydrogens is 262 g/mol. The molecule has 0 amide bonds. The number of para-hydroxylation sites is 1. The molecule has 2 aromatic rings. The van der Waals surface area contributed by atoms with E-state index in [9.17, 15) is 0 Å². The van der Waals surface area contributed by atoms with Crippen LogP contribution in [0.4, 0.5) is 0 Å². The lowest BCUT2D eigenvalue weighted by atomic mass is 9.86. The van der Waals surface area contributed by atoms with Crippen LogP contribution in [0.25, 0.3) is 11.0 Å². The van der Waals surface area contributed by atoms with E-state index in [-0.39, 0.29) is 11.6 Å². The highest BCUT2D eigenvalue weighted by Crippen LogP contribution is 2.37. The Kier molecular flexibility index (Phi) is 5.43. The number of methoxy groups -OCH3 is 1. The average Bonchev–Trinajstić information content (AvgIpc) is 2.95. The van der Waals surface area contributed by atoms with E-state index in [1.807, 2.05) is 18.2 Å². The Morgan fingerprint density at radius 3 is 2.48 bits per heavy atom. The molecule has 1 aromatic carbocycles. The fourth-order valence-corrected chi connectivity index (χ4v) is 3.04. The van der Waals surface area contributed by atoms with E-state index < -0.39 is 0 Å². The molecule has 3 heteroatoms. The second-order valence-corrected chi connectivity index (χ2v) is 5.55. The van der Waals surface area contributed by atoms with Crippen molar-refractivity contribution in [2.24, 2.45) is 0 Å². The summed E-state index contributed by atoms with van der Waals surface area (Å²) in [7, 11) is 1.80. The SMILES string of the molecule is CCCNC(c1cc2ccccc2o1)C(CC)(CC)OC. The van der Waals surface area contributed by atoms with Crippen LogP contribution in [-0.2, 0) is 4.74 Å². The number of rotatable bonds is 8. The number of ether oxygens (including phenoxy) is 1. The molecule has 1 unspecified atom stereocenters. The highest BCUT2D eigenvalue weighted by atomic mass is 16.5. The summed E-state index contributed by atoms with van der Waals surface area (Å²) in [6, 6.07) is 10.4. The van der Waals surface area contributed by atoms with Crippen molar-refractivity contribution in [3.05, 3.63) is 36.1 Å². The maximum Gasteiger partial charge on any atom is 0.134 e. The first-order valence-corrected chi connectivity index (χ1v) is 7.97. The molecule has 0 fully saturated rings. The van der Waals surface area contributed by atoms with Crippen LogP contribution in [-0.4, -0.2) is 19.3 Å². The molecule has 0 saturated heterocycles. The smallest absolute Gasteiger partial charge is 0.134 e. The zero-order valence-electron chi connectivity index (χ0n) is 13.6. The molecule has 3 nitrogen and oxygen atoms in total. The lowest BCUT2D eigenvalue weighted by molar-refractivity contribution is -0.0532. The van der Waals surface area contributed by atoms with Gasteiger partial charge >= 0.3 is 0 Å². The normalized spacial score (nSPS) is 13.7. The lowest BCUT2D eigenvalue weighted by Gasteiger charge is -2.37. The third kappa shape index (κ3) is 3.14. The lowest BCUT2D eigenvalue weighted by Crippen LogP contribution is -2.45. The molecule has 0 spiro atoms. The van der Waals surface area contributed by atoms with Crippen LogP contribution >= 0.6 is 0 Å². The van der Waals surface area contributed by atoms with Crippen molar-refractivity contribution in [3.8, 4) is 0 Å². The molecule has 21 heavy (non-hydrogen) atoms. The van der Waals surface area contributed by atoms with Crippen LogP contribution in [0.5, 0.6) is 0 Å². The molecule has 1 heterocycles. The second-order valence-electron chi connectivity index (χ2n) is 5.55. The van der Waals surface area contributed by atoms with Crippen LogP contribution in [0, 0.1) is 0 Å². The van der Waals surface area contributed by atoms with Gasteiger partial charge in [-0.05, 0) is 37.9 Å². The summed E-state index contributed by atoms with van der Waals surface area (Å²) in [6.07, 6.45) is 2.97. The molecule has 0 aliphatic rings. The van der Waals surface area contributed by atoms with Crippen molar-refractivity contribution in [2.45, 2.75) is 51.7 Å². The summed E-state index contributed by atoms with van der Waals surface area (Å²) < 4.78 is 12.0. The fourth-order valence-electron chi connectivity index (χ4n) is 3.04. The molecule has 0 aliphatic heterocycles. The first-order chi connectivity index (χ1) is 10.2. The third-order valence-electron chi connectivity index (χ3n) is 4.46. The summed E-state index contributed by atoms with van der Waals surface area (Å²) in [5.74, 6) is 0.968. The number of hydrogen-bond donors (Lipinski definition) is 1. The maximum atomic E-state index is 6.10. The summed E-state index contributed by atoms with van der Waals surface area (Å²) in [5, 5.41) is 4.77. The van der Waals surface area contributed by atoms with Crippen molar-refractivity contribution in [2.75, 3.05) is 13.7 Å². The van der Waals surface area contributed by atoms with Crippen LogP contribution < -0.4 is 5.32 Å². The van der Waals surface area contributed by atoms with Gasteiger partial charge in [0, 0.05) is 12.5 Å². The molecule has 0 aliphatic carbocycles. The van der Waals surface area contributed by atoms with Crippen LogP contribution in [0.3, 0.4) is 0 Å². The van der Waals surface area contributed by atoms with E-state index in [0.717, 1.165) is 42.5 Å². The molecule has 2 rings (SSSR count). The number of benzene rings is 1. The van der Waals surface area contributed by atoms with E-state index >= 15 is 0 Å². The third-order valence-corrected chi connectivity index (χ3v) is 4.46. The molecule has 116 valence electrons. The first-order valence-electron chi connectivity index (χ1n) is 7.97. The van der Waals surface area contributed by atoms with Crippen molar-refractivity contribution in [1.82, 2.24) is 5.32 Å². The standard InChI is InChI=1S/C18H27NO2/c1-5-12-19-17(18(6-2,7-3)20-4)16-13-14-10-8-9-11-15(14)21-16/h8-11,13,17,19H,5-7,12H2,1-4H3. The van der Waals surface area contributed by atoms with Gasteiger partial charge in [0.15, 0.2) is 0 Å². The van der Waals surface area contributed by atoms with E-state index in [1.54, 1.807) is 7.11 Å². The monoisotopic (exact) mass is 289 g/mol. The summed E-state index contributed by atoms with van der Waals surface area (Å²) >= 11 is 0. The fraction of sp³-hybridized carbons (Fsp3) is 0.556. The minimum absolute atomic E-state index is 0.0739. The molecular formula is C18H27NO2. The Morgan fingerprint density at radius 2 is 1.90 bits per heavy atom. The molecule has 0 saturated carbocycles. The number of fused-ring (bicyclic) bond motifs is 1. The molecule has 0 radical (unpaired) electrons. The van der Waals surface area contributed by atoms with Crippen LogP contribution in [0.2, 0.25) is 0 Å². The average molecular weight is 289 g/mol. The number of nitrogens with one attached hydrogen (secondary N) is 1. The van der Waals surface area contributed by atoms with Crippen LogP contribution in [0.15, 0.2) is 34.7 Å². The van der Waals surface area contributed by atoms with Gasteiger partial charge in [0.2, 0.25) is 0 Å². The molecule has 0 bridgehead atoms. The molecule has 1 N–H and O–H groups in total. The summed E-state index contributed by atoms with van der Waals surface area (Å²) in [4.78, 5) is 0.